The fourth-order valence-electron chi connectivity index (χ4n) is 2.63. The molecule has 0 saturated carbocycles. The molecule has 2 N–H and O–H groups in total. The zero-order chi connectivity index (χ0) is 16.1. The number of ether oxygens (including phenoxy) is 1. The van der Waals surface area contributed by atoms with E-state index in [1.165, 1.54) is 0 Å². The summed E-state index contributed by atoms with van der Waals surface area (Å²) in [5.41, 5.74) is 3.92. The topological polar surface area (TPSA) is 63.2 Å². The van der Waals surface area contributed by atoms with Crippen LogP contribution in [0.25, 0.3) is 0 Å². The molecule has 1 aliphatic heterocycles. The van der Waals surface area contributed by atoms with Gasteiger partial charge in [-0.1, -0.05) is 12.1 Å². The minimum atomic E-state index is -0.309. The summed E-state index contributed by atoms with van der Waals surface area (Å²) < 4.78 is 5.40. The van der Waals surface area contributed by atoms with Crippen LogP contribution in [0, 0.1) is 6.92 Å². The first kappa shape index (κ1) is 15.5. The largest absolute Gasteiger partial charge is 0.381 e. The Bertz CT molecular complexity index is 681. The molecule has 0 spiro atoms. The molecule has 1 fully saturated rings. The van der Waals surface area contributed by atoms with Gasteiger partial charge in [-0.25, -0.2) is 0 Å². The number of aryl methyl sites for hydroxylation is 1. The first-order valence-electron chi connectivity index (χ1n) is 7.89. The molecule has 23 heavy (non-hydrogen) atoms. The van der Waals surface area contributed by atoms with Crippen molar-refractivity contribution in [3.05, 3.63) is 53.9 Å². The Morgan fingerprint density at radius 2 is 2.22 bits per heavy atom. The van der Waals surface area contributed by atoms with Gasteiger partial charge in [0, 0.05) is 36.4 Å². The monoisotopic (exact) mass is 311 g/mol. The Balaban J connectivity index is 1.59. The highest BCUT2D eigenvalue weighted by Crippen LogP contribution is 2.17. The van der Waals surface area contributed by atoms with Crippen LogP contribution in [0.2, 0.25) is 0 Å². The summed E-state index contributed by atoms with van der Waals surface area (Å²) in [4.78, 5) is 16.3. The van der Waals surface area contributed by atoms with Crippen LogP contribution >= 0.6 is 0 Å². The maximum atomic E-state index is 12.1. The number of carbonyl (C=O) groups is 1. The molecule has 5 heteroatoms. The molecule has 3 rings (SSSR count). The fourth-order valence-corrected chi connectivity index (χ4v) is 2.63. The average molecular weight is 311 g/mol. The lowest BCUT2D eigenvalue weighted by Gasteiger charge is -2.12. The fraction of sp³-hybridized carbons (Fsp3) is 0.333. The van der Waals surface area contributed by atoms with Gasteiger partial charge in [0.1, 0.15) is 6.10 Å². The summed E-state index contributed by atoms with van der Waals surface area (Å²) in [7, 11) is 0. The van der Waals surface area contributed by atoms with E-state index in [-0.39, 0.29) is 12.0 Å². The van der Waals surface area contributed by atoms with Gasteiger partial charge in [0.05, 0.1) is 0 Å². The van der Waals surface area contributed by atoms with E-state index in [0.717, 1.165) is 35.5 Å². The lowest BCUT2D eigenvalue weighted by atomic mass is 10.1. The van der Waals surface area contributed by atoms with Gasteiger partial charge < -0.3 is 15.4 Å². The first-order chi connectivity index (χ1) is 11.2. The van der Waals surface area contributed by atoms with E-state index >= 15 is 0 Å². The van der Waals surface area contributed by atoms with E-state index in [1.54, 1.807) is 6.20 Å². The lowest BCUT2D eigenvalue weighted by Crippen LogP contribution is -2.26. The number of hydrogen-bond donors (Lipinski definition) is 2. The smallest absolute Gasteiger partial charge is 0.253 e. The van der Waals surface area contributed by atoms with Crippen molar-refractivity contribution in [3.63, 3.8) is 0 Å². The number of benzene rings is 1. The van der Waals surface area contributed by atoms with E-state index in [1.807, 2.05) is 43.3 Å². The van der Waals surface area contributed by atoms with Crippen LogP contribution in [0.1, 0.15) is 24.1 Å². The molecule has 5 nitrogen and oxygen atoms in total. The Hall–Kier alpha value is -2.40. The maximum absolute atomic E-state index is 12.1. The lowest BCUT2D eigenvalue weighted by molar-refractivity contribution is -0.124. The summed E-state index contributed by atoms with van der Waals surface area (Å²) in [5, 5.41) is 6.29. The van der Waals surface area contributed by atoms with Gasteiger partial charge in [0.25, 0.3) is 5.91 Å². The number of aromatic nitrogens is 1. The Morgan fingerprint density at radius 1 is 1.30 bits per heavy atom. The second kappa shape index (κ2) is 7.24. The molecule has 1 aliphatic rings. The van der Waals surface area contributed by atoms with Gasteiger partial charge in [0.15, 0.2) is 0 Å². The third-order valence-electron chi connectivity index (χ3n) is 3.81. The molecular formula is C18H21N3O2. The zero-order valence-electron chi connectivity index (χ0n) is 13.2. The highest BCUT2D eigenvalue weighted by atomic mass is 16.5. The average Bonchev–Trinajstić information content (AvgIpc) is 3.08. The quantitative estimate of drug-likeness (QED) is 0.890. The number of nitrogens with one attached hydrogen (secondary N) is 2. The highest BCUT2D eigenvalue weighted by molar-refractivity contribution is 5.94. The van der Waals surface area contributed by atoms with E-state index in [0.29, 0.717) is 13.2 Å². The van der Waals surface area contributed by atoms with Crippen molar-refractivity contribution < 1.29 is 9.53 Å². The predicted octanol–water partition coefficient (Wildman–Crippen LogP) is 3.12. The number of rotatable bonds is 5. The molecule has 1 atom stereocenters. The van der Waals surface area contributed by atoms with Crippen molar-refractivity contribution in [1.29, 1.82) is 0 Å². The first-order valence-corrected chi connectivity index (χ1v) is 7.89. The molecule has 0 aliphatic carbocycles. The molecule has 1 aromatic carbocycles. The van der Waals surface area contributed by atoms with Crippen LogP contribution in [-0.2, 0) is 16.1 Å². The van der Waals surface area contributed by atoms with Crippen LogP contribution in [-0.4, -0.2) is 23.6 Å². The Morgan fingerprint density at radius 3 is 3.00 bits per heavy atom. The van der Waals surface area contributed by atoms with Crippen LogP contribution < -0.4 is 10.6 Å². The van der Waals surface area contributed by atoms with E-state index in [4.69, 9.17) is 4.74 Å². The zero-order valence-corrected chi connectivity index (χ0v) is 13.2. The van der Waals surface area contributed by atoms with Gasteiger partial charge in [-0.15, -0.1) is 0 Å². The van der Waals surface area contributed by atoms with Gasteiger partial charge in [-0.2, -0.15) is 0 Å². The Kier molecular flexibility index (Phi) is 4.88. The minimum absolute atomic E-state index is 0.0580. The molecule has 1 saturated heterocycles. The van der Waals surface area contributed by atoms with E-state index in [2.05, 4.69) is 15.6 Å². The summed E-state index contributed by atoms with van der Waals surface area (Å²) in [5.74, 6) is -0.0580. The summed E-state index contributed by atoms with van der Waals surface area (Å²) in [6.45, 7) is 3.33. The van der Waals surface area contributed by atoms with Crippen molar-refractivity contribution in [2.75, 3.05) is 17.2 Å². The van der Waals surface area contributed by atoms with Gasteiger partial charge in [-0.3, -0.25) is 9.78 Å². The van der Waals surface area contributed by atoms with Gasteiger partial charge in [-0.05, 0) is 49.6 Å². The number of hydrogen-bond acceptors (Lipinski definition) is 4. The summed E-state index contributed by atoms with van der Waals surface area (Å²) >= 11 is 0. The number of anilines is 2. The standard InChI is InChI=1S/C18H21N3O2/c1-13-10-15(7-8-19-13)20-12-14-4-2-5-16(11-14)21-18(22)17-6-3-9-23-17/h2,4-5,7-8,10-11,17H,3,6,9,12H2,1H3,(H,19,20)(H,21,22)/t17-/m1/s1. The molecule has 0 radical (unpaired) electrons. The minimum Gasteiger partial charge on any atom is -0.381 e. The molecule has 1 aromatic heterocycles. The van der Waals surface area contributed by atoms with Crippen LogP contribution in [0.5, 0.6) is 0 Å². The maximum Gasteiger partial charge on any atom is 0.253 e. The predicted molar refractivity (Wildman–Crippen MR) is 90.3 cm³/mol. The molecule has 2 heterocycles. The number of nitrogens with zero attached hydrogens (tertiary/aromatic N) is 1. The van der Waals surface area contributed by atoms with Crippen molar-refractivity contribution >= 4 is 17.3 Å². The number of pyridine rings is 1. The molecule has 1 amide bonds. The molecule has 0 unspecified atom stereocenters. The highest BCUT2D eigenvalue weighted by Gasteiger charge is 2.23. The second-order valence-corrected chi connectivity index (χ2v) is 5.73. The second-order valence-electron chi connectivity index (χ2n) is 5.73. The van der Waals surface area contributed by atoms with Crippen molar-refractivity contribution in [2.45, 2.75) is 32.4 Å². The normalized spacial score (nSPS) is 17.0. The third-order valence-corrected chi connectivity index (χ3v) is 3.81. The molecule has 120 valence electrons. The van der Waals surface area contributed by atoms with Crippen molar-refractivity contribution in [3.8, 4) is 0 Å². The van der Waals surface area contributed by atoms with Crippen molar-refractivity contribution in [2.24, 2.45) is 0 Å². The SMILES string of the molecule is Cc1cc(NCc2cccc(NC(=O)[C@H]3CCCO3)c2)ccn1. The Labute approximate surface area is 136 Å². The molecule has 0 bridgehead atoms. The summed E-state index contributed by atoms with van der Waals surface area (Å²) in [6, 6.07) is 11.8. The van der Waals surface area contributed by atoms with Crippen molar-refractivity contribution in [1.82, 2.24) is 4.98 Å². The van der Waals surface area contributed by atoms with Gasteiger partial charge in [0.2, 0.25) is 0 Å². The summed E-state index contributed by atoms with van der Waals surface area (Å²) in [6.07, 6.45) is 3.23. The number of amides is 1. The van der Waals surface area contributed by atoms with E-state index in [9.17, 15) is 4.79 Å². The van der Waals surface area contributed by atoms with Crippen LogP contribution in [0.3, 0.4) is 0 Å². The number of carbonyl (C=O) groups excluding carboxylic acids is 1. The molecular weight excluding hydrogens is 290 g/mol. The molecule has 2 aromatic rings. The van der Waals surface area contributed by atoms with Crippen LogP contribution in [0.15, 0.2) is 42.6 Å². The third kappa shape index (κ3) is 4.29. The van der Waals surface area contributed by atoms with Crippen LogP contribution in [0.4, 0.5) is 11.4 Å². The van der Waals surface area contributed by atoms with Gasteiger partial charge >= 0.3 is 0 Å². The van der Waals surface area contributed by atoms with E-state index < -0.39 is 0 Å².